The zero-order valence-corrected chi connectivity index (χ0v) is 27.3. The molecule has 2 aliphatic carbocycles. The number of hydrogen-bond donors (Lipinski definition) is 3. The molecule has 10 nitrogen and oxygen atoms in total. The number of phenolic OH excluding ortho intramolecular Hbond substituents is 1. The van der Waals surface area contributed by atoms with Crippen molar-refractivity contribution >= 4 is 75.8 Å². The summed E-state index contributed by atoms with van der Waals surface area (Å²) in [6, 6.07) is 6.31. The van der Waals surface area contributed by atoms with Crippen LogP contribution in [0.1, 0.15) is 34.7 Å². The van der Waals surface area contributed by atoms with E-state index in [1.54, 1.807) is 0 Å². The van der Waals surface area contributed by atoms with Gasteiger partial charge in [-0.1, -0.05) is 29.3 Å². The Morgan fingerprint density at radius 3 is 2.02 bits per heavy atom. The second-order valence-corrected chi connectivity index (χ2v) is 14.1. The van der Waals surface area contributed by atoms with E-state index in [1.807, 2.05) is 0 Å². The number of benzene rings is 3. The second-order valence-electron chi connectivity index (χ2n) is 12.4. The van der Waals surface area contributed by atoms with Crippen LogP contribution in [0.3, 0.4) is 0 Å². The third-order valence-corrected chi connectivity index (χ3v) is 11.7. The van der Waals surface area contributed by atoms with Crippen LogP contribution in [0.15, 0.2) is 48.0 Å². The minimum Gasteiger partial charge on any atom is -0.508 e. The van der Waals surface area contributed by atoms with Crippen molar-refractivity contribution in [3.63, 3.8) is 0 Å². The van der Waals surface area contributed by atoms with Gasteiger partial charge >= 0.3 is 5.97 Å². The number of hydrogen-bond acceptors (Lipinski definition) is 7. The van der Waals surface area contributed by atoms with Crippen molar-refractivity contribution in [2.24, 2.45) is 17.8 Å². The minimum atomic E-state index is -2.81. The van der Waals surface area contributed by atoms with Gasteiger partial charge in [-0.15, -0.1) is 23.2 Å². The number of imide groups is 2. The molecule has 3 aromatic rings. The van der Waals surface area contributed by atoms with Crippen molar-refractivity contribution in [2.45, 2.75) is 28.5 Å². The number of allylic oxidation sites excluding steroid dienone is 2. The molecule has 0 unspecified atom stereocenters. The quantitative estimate of drug-likeness (QED) is 0.0740. The van der Waals surface area contributed by atoms with Gasteiger partial charge < -0.3 is 15.3 Å². The van der Waals surface area contributed by atoms with Crippen molar-refractivity contribution in [1.29, 1.82) is 0 Å². The van der Waals surface area contributed by atoms with Gasteiger partial charge in [0.1, 0.15) is 22.7 Å². The molecule has 1 saturated carbocycles. The fraction of sp³-hybridized carbons (Fsp3) is 0.242. The molecule has 3 aromatic carbocycles. The number of nitrogens with zero attached hydrogens (tertiary/aromatic N) is 2. The average molecular weight is 772 g/mol. The number of rotatable bonds is 4. The maximum atomic E-state index is 15.2. The molecule has 0 spiro atoms. The van der Waals surface area contributed by atoms with Gasteiger partial charge in [-0.05, 0) is 48.6 Å². The fourth-order valence-electron chi connectivity index (χ4n) is 7.76. The molecule has 2 aliphatic heterocycles. The number of alkyl halides is 2. The molecule has 2 heterocycles. The van der Waals surface area contributed by atoms with Gasteiger partial charge in [0.15, 0.2) is 33.0 Å². The summed E-state index contributed by atoms with van der Waals surface area (Å²) in [5.74, 6) is -25.7. The SMILES string of the molecule is O=C(O)c1ccc(N2C(=O)[C@H]3[C@H](CC=C4[C@H]3C[C@@]3(Cl)C(=O)N(c5c(F)c(F)c(F)c(F)c5F)C(=O)[C@@]3(Cl)[C@H]4c3ccc(O)cc3Cl)C2=O)cc1O. The van der Waals surface area contributed by atoms with Gasteiger partial charge in [-0.3, -0.25) is 19.2 Å². The Hall–Kier alpha value is -4.73. The van der Waals surface area contributed by atoms with Crippen LogP contribution < -0.4 is 9.80 Å². The van der Waals surface area contributed by atoms with E-state index in [-0.39, 0.29) is 38.9 Å². The third kappa shape index (κ3) is 4.43. The lowest BCUT2D eigenvalue weighted by atomic mass is 9.56. The number of halogens is 8. The summed E-state index contributed by atoms with van der Waals surface area (Å²) in [6.07, 6.45) is 0.483. The summed E-state index contributed by atoms with van der Waals surface area (Å²) in [5.41, 5.74) is -2.64. The summed E-state index contributed by atoms with van der Waals surface area (Å²) in [5, 5.41) is 29.4. The maximum Gasteiger partial charge on any atom is 0.339 e. The summed E-state index contributed by atoms with van der Waals surface area (Å²) < 4.78 is 73.1. The summed E-state index contributed by atoms with van der Waals surface area (Å²) in [6.45, 7) is 0. The molecule has 4 aliphatic rings. The van der Waals surface area contributed by atoms with Crippen LogP contribution >= 0.6 is 34.8 Å². The van der Waals surface area contributed by atoms with Crippen molar-refractivity contribution in [3.05, 3.63) is 93.3 Å². The molecule has 264 valence electrons. The predicted molar refractivity (Wildman–Crippen MR) is 167 cm³/mol. The first-order chi connectivity index (χ1) is 23.9. The lowest BCUT2D eigenvalue weighted by Crippen LogP contribution is -2.60. The first kappa shape index (κ1) is 34.7. The molecule has 2 saturated heterocycles. The van der Waals surface area contributed by atoms with E-state index in [1.165, 1.54) is 12.1 Å². The Morgan fingerprint density at radius 1 is 0.804 bits per heavy atom. The summed E-state index contributed by atoms with van der Waals surface area (Å²) >= 11 is 20.6. The Morgan fingerprint density at radius 2 is 1.43 bits per heavy atom. The first-order valence-electron chi connectivity index (χ1n) is 14.8. The molecular formula is C33H18Cl3F5N2O8. The van der Waals surface area contributed by atoms with E-state index < -0.39 is 116 Å². The number of carboxylic acids is 1. The molecule has 18 heteroatoms. The van der Waals surface area contributed by atoms with E-state index in [0.717, 1.165) is 30.3 Å². The standard InChI is InChI=1S/C33H18Cl3F5N2O8/c34-17-8-11(44)2-4-13(17)20-12-5-6-15-19(28(47)42(27(15)46)10-1-3-14(29(48)49)18(45)7-10)16(12)9-32(35)30(50)43(31(51)33(20,32)36)26-24(40)22(38)21(37)23(39)25(26)41/h1-5,7-8,15-16,19-20,44-45H,6,9H2,(H,48,49)/t15-,16+,19-,20+,32+,33-/m0/s1. The molecule has 4 amide bonds. The van der Waals surface area contributed by atoms with Crippen LogP contribution in [-0.4, -0.2) is 54.7 Å². The number of phenols is 2. The lowest BCUT2D eigenvalue weighted by molar-refractivity contribution is -0.125. The Labute approximate surface area is 297 Å². The van der Waals surface area contributed by atoms with E-state index >= 15 is 8.78 Å². The highest BCUT2D eigenvalue weighted by molar-refractivity contribution is 6.58. The number of carbonyl (C=O) groups is 5. The van der Waals surface area contributed by atoms with E-state index in [0.29, 0.717) is 4.90 Å². The topological polar surface area (TPSA) is 153 Å². The number of aromatic hydroxyl groups is 2. The smallest absolute Gasteiger partial charge is 0.339 e. The molecule has 0 bridgehead atoms. The van der Waals surface area contributed by atoms with Gasteiger partial charge in [0.2, 0.25) is 17.6 Å². The number of carboxylic acid groups (broad SMARTS) is 1. The van der Waals surface area contributed by atoms with E-state index in [4.69, 9.17) is 34.8 Å². The summed E-state index contributed by atoms with van der Waals surface area (Å²) in [7, 11) is 0. The molecule has 3 N–H and O–H groups in total. The zero-order chi connectivity index (χ0) is 37.2. The van der Waals surface area contributed by atoms with Crippen LogP contribution in [0.4, 0.5) is 33.3 Å². The maximum absolute atomic E-state index is 15.2. The van der Waals surface area contributed by atoms with Crippen molar-refractivity contribution < 1.29 is 61.2 Å². The van der Waals surface area contributed by atoms with Crippen LogP contribution in [0.2, 0.25) is 5.02 Å². The number of carbonyl (C=O) groups excluding carboxylic acids is 4. The Balaban J connectivity index is 1.41. The van der Waals surface area contributed by atoms with Crippen LogP contribution in [0, 0.1) is 46.8 Å². The minimum absolute atomic E-state index is 0.0906. The highest BCUT2D eigenvalue weighted by Gasteiger charge is 2.77. The van der Waals surface area contributed by atoms with Gasteiger partial charge in [-0.2, -0.15) is 0 Å². The molecule has 0 aromatic heterocycles. The molecule has 6 atom stereocenters. The van der Waals surface area contributed by atoms with Gasteiger partial charge in [0, 0.05) is 17.0 Å². The third-order valence-electron chi connectivity index (χ3n) is 9.99. The highest BCUT2D eigenvalue weighted by atomic mass is 35.5. The molecular weight excluding hydrogens is 754 g/mol. The fourth-order valence-corrected chi connectivity index (χ4v) is 8.97. The van der Waals surface area contributed by atoms with Crippen LogP contribution in [-0.2, 0) is 19.2 Å². The van der Waals surface area contributed by atoms with Gasteiger partial charge in [0.25, 0.3) is 11.8 Å². The average Bonchev–Trinajstić information content (AvgIpc) is 3.41. The summed E-state index contributed by atoms with van der Waals surface area (Å²) in [4.78, 5) is 62.6. The van der Waals surface area contributed by atoms with Gasteiger partial charge in [-0.25, -0.2) is 36.5 Å². The second kappa shape index (κ2) is 11.4. The number of aromatic carboxylic acids is 1. The zero-order valence-electron chi connectivity index (χ0n) is 25.1. The molecule has 0 radical (unpaired) electrons. The highest BCUT2D eigenvalue weighted by Crippen LogP contribution is 2.66. The Bertz CT molecular complexity index is 2190. The van der Waals surface area contributed by atoms with Gasteiger partial charge in [0.05, 0.1) is 17.5 Å². The molecule has 3 fully saturated rings. The van der Waals surface area contributed by atoms with E-state index in [2.05, 4.69) is 0 Å². The predicted octanol–water partition coefficient (Wildman–Crippen LogP) is 5.91. The van der Waals surface area contributed by atoms with Crippen molar-refractivity contribution in [1.82, 2.24) is 0 Å². The Kier molecular flexibility index (Phi) is 7.75. The van der Waals surface area contributed by atoms with Crippen molar-refractivity contribution in [2.75, 3.05) is 9.80 Å². The normalized spacial score (nSPS) is 28.5. The lowest BCUT2D eigenvalue weighted by Gasteiger charge is -2.50. The number of amides is 4. The number of anilines is 2. The largest absolute Gasteiger partial charge is 0.508 e. The monoisotopic (exact) mass is 770 g/mol. The molecule has 7 rings (SSSR count). The van der Waals surface area contributed by atoms with Crippen LogP contribution in [0.5, 0.6) is 11.5 Å². The number of fused-ring (bicyclic) bond motifs is 4. The first-order valence-corrected chi connectivity index (χ1v) is 15.9. The van der Waals surface area contributed by atoms with E-state index in [9.17, 15) is 52.5 Å². The van der Waals surface area contributed by atoms with Crippen molar-refractivity contribution in [3.8, 4) is 11.5 Å². The van der Waals surface area contributed by atoms with Crippen LogP contribution in [0.25, 0.3) is 0 Å². The molecule has 51 heavy (non-hydrogen) atoms.